The summed E-state index contributed by atoms with van der Waals surface area (Å²) in [6.07, 6.45) is 1.06. The largest absolute Gasteiger partial charge is 0.508 e. The van der Waals surface area contributed by atoms with Gasteiger partial charge in [-0.2, -0.15) is 0 Å². The van der Waals surface area contributed by atoms with E-state index >= 15 is 0 Å². The molecule has 3 heteroatoms. The van der Waals surface area contributed by atoms with Crippen molar-refractivity contribution in [1.82, 2.24) is 4.90 Å². The van der Waals surface area contributed by atoms with Crippen LogP contribution in [0.5, 0.6) is 5.75 Å². The Labute approximate surface area is 98.3 Å². The van der Waals surface area contributed by atoms with Crippen molar-refractivity contribution in [1.29, 1.82) is 0 Å². The van der Waals surface area contributed by atoms with Crippen LogP contribution >= 0.6 is 12.4 Å². The van der Waals surface area contributed by atoms with Crippen molar-refractivity contribution in [3.05, 3.63) is 29.8 Å². The molecular weight excluding hydrogens is 210 g/mol. The molecule has 0 spiro atoms. The normalized spacial score (nSPS) is 10.1. The maximum atomic E-state index is 9.12. The van der Waals surface area contributed by atoms with Crippen LogP contribution in [0.1, 0.15) is 19.4 Å². The molecule has 0 amide bonds. The highest BCUT2D eigenvalue weighted by molar-refractivity contribution is 5.85. The van der Waals surface area contributed by atoms with E-state index < -0.39 is 0 Å². The quantitative estimate of drug-likeness (QED) is 0.839. The van der Waals surface area contributed by atoms with Gasteiger partial charge in [-0.3, -0.25) is 0 Å². The third-order valence-electron chi connectivity index (χ3n) is 2.55. The number of benzene rings is 1. The van der Waals surface area contributed by atoms with Crippen molar-refractivity contribution in [3.63, 3.8) is 0 Å². The van der Waals surface area contributed by atoms with E-state index in [2.05, 4.69) is 18.7 Å². The summed E-state index contributed by atoms with van der Waals surface area (Å²) in [4.78, 5) is 2.40. The second kappa shape index (κ2) is 7.55. The Balaban J connectivity index is 0.00000196. The predicted octanol–water partition coefficient (Wildman–Crippen LogP) is 2.70. The van der Waals surface area contributed by atoms with Gasteiger partial charge < -0.3 is 10.0 Å². The number of halogens is 1. The summed E-state index contributed by atoms with van der Waals surface area (Å²) in [6, 6.07) is 7.47. The Morgan fingerprint density at radius 2 is 1.60 bits per heavy atom. The molecule has 2 nitrogen and oxygen atoms in total. The van der Waals surface area contributed by atoms with Crippen LogP contribution < -0.4 is 0 Å². The van der Waals surface area contributed by atoms with Gasteiger partial charge in [-0.1, -0.05) is 26.0 Å². The highest BCUT2D eigenvalue weighted by Crippen LogP contribution is 2.10. The standard InChI is InChI=1S/C12H19NO.ClH/c1-3-13(4-2)10-9-11-5-7-12(14)8-6-11;/h5-8,14H,3-4,9-10H2,1-2H3;1H. The number of hydrogen-bond acceptors (Lipinski definition) is 2. The fraction of sp³-hybridized carbons (Fsp3) is 0.500. The molecule has 0 aliphatic carbocycles. The van der Waals surface area contributed by atoms with Crippen LogP contribution in [0.4, 0.5) is 0 Å². The molecule has 0 atom stereocenters. The monoisotopic (exact) mass is 229 g/mol. The maximum Gasteiger partial charge on any atom is 0.115 e. The second-order valence-electron chi connectivity index (χ2n) is 3.44. The highest BCUT2D eigenvalue weighted by atomic mass is 35.5. The molecule has 0 saturated heterocycles. The van der Waals surface area contributed by atoms with Crippen LogP contribution in [0.25, 0.3) is 0 Å². The lowest BCUT2D eigenvalue weighted by Gasteiger charge is -2.17. The van der Waals surface area contributed by atoms with Crippen molar-refractivity contribution in [2.24, 2.45) is 0 Å². The molecule has 0 bridgehead atoms. The minimum absolute atomic E-state index is 0. The van der Waals surface area contributed by atoms with E-state index in [4.69, 9.17) is 5.11 Å². The fourth-order valence-electron chi connectivity index (χ4n) is 1.49. The average Bonchev–Trinajstić information content (AvgIpc) is 2.22. The maximum absolute atomic E-state index is 9.12. The van der Waals surface area contributed by atoms with E-state index in [-0.39, 0.29) is 12.4 Å². The first kappa shape index (κ1) is 14.3. The van der Waals surface area contributed by atoms with Crippen molar-refractivity contribution in [3.8, 4) is 5.75 Å². The summed E-state index contributed by atoms with van der Waals surface area (Å²) in [5.41, 5.74) is 1.29. The van der Waals surface area contributed by atoms with E-state index in [1.807, 2.05) is 12.1 Å². The number of rotatable bonds is 5. The van der Waals surface area contributed by atoms with Gasteiger partial charge in [0.25, 0.3) is 0 Å². The summed E-state index contributed by atoms with van der Waals surface area (Å²) in [5.74, 6) is 0.344. The molecular formula is C12H20ClNO. The molecule has 86 valence electrons. The van der Waals surface area contributed by atoms with E-state index in [1.54, 1.807) is 12.1 Å². The van der Waals surface area contributed by atoms with Crippen LogP contribution in [0.3, 0.4) is 0 Å². The molecule has 0 heterocycles. The topological polar surface area (TPSA) is 23.5 Å². The number of nitrogens with zero attached hydrogens (tertiary/aromatic N) is 1. The van der Waals surface area contributed by atoms with Crippen LogP contribution in [-0.2, 0) is 6.42 Å². The number of hydrogen-bond donors (Lipinski definition) is 1. The predicted molar refractivity (Wildman–Crippen MR) is 66.8 cm³/mol. The average molecular weight is 230 g/mol. The zero-order valence-electron chi connectivity index (χ0n) is 9.44. The molecule has 0 aromatic heterocycles. The first-order valence-electron chi connectivity index (χ1n) is 5.26. The fourth-order valence-corrected chi connectivity index (χ4v) is 1.49. The summed E-state index contributed by atoms with van der Waals surface area (Å²) in [5, 5.41) is 9.12. The van der Waals surface area contributed by atoms with Gasteiger partial charge in [0, 0.05) is 6.54 Å². The van der Waals surface area contributed by atoms with Crippen molar-refractivity contribution < 1.29 is 5.11 Å². The Morgan fingerprint density at radius 1 is 1.07 bits per heavy atom. The minimum atomic E-state index is 0. The first-order chi connectivity index (χ1) is 6.76. The molecule has 1 aromatic rings. The van der Waals surface area contributed by atoms with Crippen LogP contribution in [-0.4, -0.2) is 29.6 Å². The first-order valence-corrected chi connectivity index (χ1v) is 5.26. The number of phenols is 1. The lowest BCUT2D eigenvalue weighted by atomic mass is 10.1. The zero-order valence-corrected chi connectivity index (χ0v) is 10.3. The molecule has 0 aliphatic heterocycles. The van der Waals surface area contributed by atoms with Gasteiger partial charge in [0.2, 0.25) is 0 Å². The van der Waals surface area contributed by atoms with Gasteiger partial charge >= 0.3 is 0 Å². The smallest absolute Gasteiger partial charge is 0.115 e. The Hall–Kier alpha value is -0.730. The van der Waals surface area contributed by atoms with Crippen molar-refractivity contribution in [2.75, 3.05) is 19.6 Å². The third kappa shape index (κ3) is 5.05. The van der Waals surface area contributed by atoms with Gasteiger partial charge in [-0.25, -0.2) is 0 Å². The van der Waals surface area contributed by atoms with Gasteiger partial charge in [0.05, 0.1) is 0 Å². The summed E-state index contributed by atoms with van der Waals surface area (Å²) < 4.78 is 0. The van der Waals surface area contributed by atoms with Gasteiger partial charge in [0.1, 0.15) is 5.75 Å². The number of likely N-dealkylation sites (N-methyl/N-ethyl adjacent to an activating group) is 1. The summed E-state index contributed by atoms with van der Waals surface area (Å²) >= 11 is 0. The molecule has 0 radical (unpaired) electrons. The van der Waals surface area contributed by atoms with Crippen LogP contribution in [0.15, 0.2) is 24.3 Å². The molecule has 0 saturated carbocycles. The summed E-state index contributed by atoms with van der Waals surface area (Å²) in [7, 11) is 0. The summed E-state index contributed by atoms with van der Waals surface area (Å²) in [6.45, 7) is 7.67. The van der Waals surface area contributed by atoms with Crippen LogP contribution in [0, 0.1) is 0 Å². The number of phenolic OH excluding ortho intramolecular Hbond substituents is 1. The van der Waals surface area contributed by atoms with Crippen LogP contribution in [0.2, 0.25) is 0 Å². The molecule has 1 aromatic carbocycles. The van der Waals surface area contributed by atoms with Gasteiger partial charge in [-0.15, -0.1) is 12.4 Å². The lowest BCUT2D eigenvalue weighted by molar-refractivity contribution is 0.308. The molecule has 1 rings (SSSR count). The van der Waals surface area contributed by atoms with E-state index in [0.29, 0.717) is 5.75 Å². The van der Waals surface area contributed by atoms with Gasteiger partial charge in [0.15, 0.2) is 0 Å². The zero-order chi connectivity index (χ0) is 10.4. The molecule has 0 fully saturated rings. The Bertz CT molecular complexity index is 257. The Morgan fingerprint density at radius 3 is 2.07 bits per heavy atom. The third-order valence-corrected chi connectivity index (χ3v) is 2.55. The van der Waals surface area contributed by atoms with Crippen molar-refractivity contribution >= 4 is 12.4 Å². The molecule has 1 N–H and O–H groups in total. The molecule has 0 unspecified atom stereocenters. The molecule has 0 aliphatic rings. The number of aromatic hydroxyl groups is 1. The highest BCUT2D eigenvalue weighted by Gasteiger charge is 1.99. The minimum Gasteiger partial charge on any atom is -0.508 e. The second-order valence-corrected chi connectivity index (χ2v) is 3.44. The van der Waals surface area contributed by atoms with E-state index in [0.717, 1.165) is 26.1 Å². The van der Waals surface area contributed by atoms with E-state index in [1.165, 1.54) is 5.56 Å². The lowest BCUT2D eigenvalue weighted by Crippen LogP contribution is -2.25. The van der Waals surface area contributed by atoms with E-state index in [9.17, 15) is 0 Å². The van der Waals surface area contributed by atoms with Gasteiger partial charge in [-0.05, 0) is 37.2 Å². The SMILES string of the molecule is CCN(CC)CCc1ccc(O)cc1.Cl. The molecule has 15 heavy (non-hydrogen) atoms. The Kier molecular flexibility index (Phi) is 7.18. The van der Waals surface area contributed by atoms with Crippen molar-refractivity contribution in [2.45, 2.75) is 20.3 Å².